The molecule has 106 valence electrons. The van der Waals surface area contributed by atoms with E-state index in [1.807, 2.05) is 36.4 Å². The zero-order valence-corrected chi connectivity index (χ0v) is 12.7. The maximum atomic E-state index is 6.06. The third-order valence-corrected chi connectivity index (χ3v) is 3.98. The Balaban J connectivity index is 2.47. The lowest BCUT2D eigenvalue weighted by molar-refractivity contribution is 0.414. The number of hydrogen-bond acceptors (Lipinski definition) is 4. The fourth-order valence-electron chi connectivity index (χ4n) is 2.07. The molecule has 0 aliphatic rings. The van der Waals surface area contributed by atoms with Crippen LogP contribution in [-0.4, -0.2) is 14.2 Å². The standard InChI is InChI=1S/C15H19N2O2P/c1-18-9-3-5-13(16)11(7-9)15(20)12-8-10(19-2)4-6-14(12)17/h3-8,15H,16-17,20H2,1-2H3. The molecule has 2 rings (SSSR count). The molecule has 1 unspecified atom stereocenters. The minimum absolute atomic E-state index is 0.0276. The summed E-state index contributed by atoms with van der Waals surface area (Å²) in [7, 11) is 6.03. The van der Waals surface area contributed by atoms with E-state index < -0.39 is 0 Å². The highest BCUT2D eigenvalue weighted by Crippen LogP contribution is 2.40. The van der Waals surface area contributed by atoms with Crippen molar-refractivity contribution in [2.24, 2.45) is 0 Å². The Morgan fingerprint density at radius 3 is 1.60 bits per heavy atom. The number of hydrogen-bond donors (Lipinski definition) is 2. The largest absolute Gasteiger partial charge is 0.497 e. The van der Waals surface area contributed by atoms with Crippen LogP contribution in [0.25, 0.3) is 0 Å². The van der Waals surface area contributed by atoms with Crippen molar-refractivity contribution in [3.05, 3.63) is 47.5 Å². The van der Waals surface area contributed by atoms with Gasteiger partial charge in [-0.1, -0.05) is 0 Å². The smallest absolute Gasteiger partial charge is 0.119 e. The second-order valence-electron chi connectivity index (χ2n) is 4.47. The van der Waals surface area contributed by atoms with Crippen molar-refractivity contribution < 1.29 is 9.47 Å². The van der Waals surface area contributed by atoms with E-state index in [4.69, 9.17) is 20.9 Å². The number of anilines is 2. The molecule has 2 aromatic carbocycles. The van der Waals surface area contributed by atoms with Crippen molar-refractivity contribution in [2.45, 2.75) is 5.66 Å². The Morgan fingerprint density at radius 2 is 1.25 bits per heavy atom. The Kier molecular flexibility index (Phi) is 4.35. The van der Waals surface area contributed by atoms with Crippen LogP contribution in [0, 0.1) is 0 Å². The van der Waals surface area contributed by atoms with Crippen molar-refractivity contribution in [3.8, 4) is 11.5 Å². The lowest BCUT2D eigenvalue weighted by Crippen LogP contribution is -2.03. The fraction of sp³-hybridized carbons (Fsp3) is 0.200. The average Bonchev–Trinajstić information content (AvgIpc) is 2.47. The number of methoxy groups -OCH3 is 2. The fourth-order valence-corrected chi connectivity index (χ4v) is 2.64. The lowest BCUT2D eigenvalue weighted by atomic mass is 10.0. The molecule has 0 aliphatic carbocycles. The molecule has 0 bridgehead atoms. The average molecular weight is 290 g/mol. The van der Waals surface area contributed by atoms with Crippen LogP contribution in [0.15, 0.2) is 36.4 Å². The molecule has 0 aliphatic heterocycles. The highest BCUT2D eigenvalue weighted by Gasteiger charge is 2.16. The minimum Gasteiger partial charge on any atom is -0.497 e. The molecular formula is C15H19N2O2P. The number of benzene rings is 2. The van der Waals surface area contributed by atoms with Gasteiger partial charge in [0.15, 0.2) is 0 Å². The van der Waals surface area contributed by atoms with Crippen LogP contribution in [0.3, 0.4) is 0 Å². The summed E-state index contributed by atoms with van der Waals surface area (Å²) in [5.74, 6) is 1.53. The first-order chi connectivity index (χ1) is 9.56. The predicted octanol–water partition coefficient (Wildman–Crippen LogP) is 2.83. The molecule has 20 heavy (non-hydrogen) atoms. The van der Waals surface area contributed by atoms with E-state index in [2.05, 4.69) is 9.24 Å². The summed E-state index contributed by atoms with van der Waals surface area (Å²) in [4.78, 5) is 0. The van der Waals surface area contributed by atoms with Gasteiger partial charge in [-0.2, -0.15) is 0 Å². The second kappa shape index (κ2) is 6.02. The Labute approximate surface area is 121 Å². The van der Waals surface area contributed by atoms with E-state index in [9.17, 15) is 0 Å². The molecule has 0 saturated carbocycles. The molecule has 0 amide bonds. The van der Waals surface area contributed by atoms with E-state index in [-0.39, 0.29) is 5.66 Å². The van der Waals surface area contributed by atoms with Gasteiger partial charge in [0.25, 0.3) is 0 Å². The van der Waals surface area contributed by atoms with Gasteiger partial charge in [0.2, 0.25) is 0 Å². The van der Waals surface area contributed by atoms with Gasteiger partial charge in [-0.05, 0) is 47.5 Å². The van der Waals surface area contributed by atoms with Gasteiger partial charge in [0.1, 0.15) is 11.5 Å². The van der Waals surface area contributed by atoms with Gasteiger partial charge in [-0.3, -0.25) is 0 Å². The highest BCUT2D eigenvalue weighted by atomic mass is 31.0. The van der Waals surface area contributed by atoms with Gasteiger partial charge in [-0.15, -0.1) is 9.24 Å². The number of nitrogen functional groups attached to an aromatic ring is 2. The van der Waals surface area contributed by atoms with Gasteiger partial charge in [-0.25, -0.2) is 0 Å². The summed E-state index contributed by atoms with van der Waals surface area (Å²) in [6, 6.07) is 11.2. The van der Waals surface area contributed by atoms with Crippen LogP contribution >= 0.6 is 9.24 Å². The summed E-state index contributed by atoms with van der Waals surface area (Å²) < 4.78 is 10.5. The third-order valence-electron chi connectivity index (χ3n) is 3.26. The van der Waals surface area contributed by atoms with Crippen LogP contribution in [0.2, 0.25) is 0 Å². The molecule has 4 nitrogen and oxygen atoms in total. The number of ether oxygens (including phenoxy) is 2. The zero-order valence-electron chi connectivity index (χ0n) is 11.6. The first-order valence-corrected chi connectivity index (χ1v) is 6.86. The minimum atomic E-state index is -0.0276. The molecule has 0 saturated heterocycles. The van der Waals surface area contributed by atoms with E-state index in [1.54, 1.807) is 14.2 Å². The zero-order chi connectivity index (χ0) is 14.7. The molecule has 2 aromatic rings. The monoisotopic (exact) mass is 290 g/mol. The summed E-state index contributed by atoms with van der Waals surface area (Å²) in [5.41, 5.74) is 15.4. The molecule has 4 N–H and O–H groups in total. The highest BCUT2D eigenvalue weighted by molar-refractivity contribution is 7.17. The van der Waals surface area contributed by atoms with Gasteiger partial charge < -0.3 is 20.9 Å². The van der Waals surface area contributed by atoms with Crippen LogP contribution in [0.5, 0.6) is 11.5 Å². The molecular weight excluding hydrogens is 271 g/mol. The van der Waals surface area contributed by atoms with Crippen molar-refractivity contribution in [1.29, 1.82) is 0 Å². The molecule has 0 spiro atoms. The van der Waals surface area contributed by atoms with Gasteiger partial charge in [0.05, 0.1) is 14.2 Å². The second-order valence-corrected chi connectivity index (χ2v) is 5.13. The normalized spacial score (nSPS) is 10.6. The van der Waals surface area contributed by atoms with Crippen molar-refractivity contribution in [2.75, 3.05) is 25.7 Å². The quantitative estimate of drug-likeness (QED) is 0.671. The van der Waals surface area contributed by atoms with E-state index >= 15 is 0 Å². The Hall–Kier alpha value is -1.93. The molecule has 5 heteroatoms. The maximum absolute atomic E-state index is 6.06. The molecule has 0 heterocycles. The molecule has 0 radical (unpaired) electrons. The first kappa shape index (κ1) is 14.5. The molecule has 1 atom stereocenters. The number of nitrogens with two attached hydrogens (primary N) is 2. The topological polar surface area (TPSA) is 70.5 Å². The Bertz CT molecular complexity index is 563. The van der Waals surface area contributed by atoms with Crippen molar-refractivity contribution in [1.82, 2.24) is 0 Å². The van der Waals surface area contributed by atoms with Crippen LogP contribution in [-0.2, 0) is 0 Å². The van der Waals surface area contributed by atoms with E-state index in [1.165, 1.54) is 0 Å². The first-order valence-electron chi connectivity index (χ1n) is 6.19. The lowest BCUT2D eigenvalue weighted by Gasteiger charge is -2.18. The van der Waals surface area contributed by atoms with Crippen LogP contribution < -0.4 is 20.9 Å². The predicted molar refractivity (Wildman–Crippen MR) is 86.4 cm³/mol. The Morgan fingerprint density at radius 1 is 0.850 bits per heavy atom. The van der Waals surface area contributed by atoms with Crippen molar-refractivity contribution >= 4 is 20.6 Å². The van der Waals surface area contributed by atoms with Gasteiger partial charge in [0, 0.05) is 17.0 Å². The number of rotatable bonds is 4. The van der Waals surface area contributed by atoms with Crippen LogP contribution in [0.1, 0.15) is 16.8 Å². The van der Waals surface area contributed by atoms with Gasteiger partial charge >= 0.3 is 0 Å². The third kappa shape index (κ3) is 2.81. The van der Waals surface area contributed by atoms with Crippen molar-refractivity contribution in [3.63, 3.8) is 0 Å². The summed E-state index contributed by atoms with van der Waals surface area (Å²) in [6.07, 6.45) is 0. The summed E-state index contributed by atoms with van der Waals surface area (Å²) in [5, 5.41) is 0. The van der Waals surface area contributed by atoms with Crippen LogP contribution in [0.4, 0.5) is 11.4 Å². The SMILES string of the molecule is COc1ccc(N)c(C(P)c2cc(OC)ccc2N)c1. The summed E-state index contributed by atoms with van der Waals surface area (Å²) >= 11 is 0. The summed E-state index contributed by atoms with van der Waals surface area (Å²) in [6.45, 7) is 0. The van der Waals surface area contributed by atoms with E-state index in [0.29, 0.717) is 11.4 Å². The molecule has 0 aromatic heterocycles. The maximum Gasteiger partial charge on any atom is 0.119 e. The van der Waals surface area contributed by atoms with E-state index in [0.717, 1.165) is 22.6 Å². The molecule has 0 fully saturated rings.